The van der Waals surface area contributed by atoms with Crippen LogP contribution in [0, 0.1) is 5.41 Å². The van der Waals surface area contributed by atoms with Crippen molar-refractivity contribution in [3.05, 3.63) is 59.7 Å². The Bertz CT molecular complexity index is 908. The summed E-state index contributed by atoms with van der Waals surface area (Å²) in [7, 11) is 0. The number of Topliss-reactive ketones (excluding diaryl/α,β-unsaturated/α-hetero) is 1. The molecule has 0 aliphatic heterocycles. The van der Waals surface area contributed by atoms with Crippen molar-refractivity contribution in [3.63, 3.8) is 0 Å². The molecular weight excluding hydrogens is 352 g/mol. The zero-order valence-electron chi connectivity index (χ0n) is 17.3. The summed E-state index contributed by atoms with van der Waals surface area (Å²) >= 11 is 0. The molecule has 2 aromatic carbocycles. The van der Waals surface area contributed by atoms with Crippen LogP contribution in [0.25, 0.3) is 0 Å². The first-order valence-corrected chi connectivity index (χ1v) is 9.26. The van der Waals surface area contributed by atoms with E-state index >= 15 is 0 Å². The van der Waals surface area contributed by atoms with Gasteiger partial charge >= 0.3 is 0 Å². The number of anilines is 2. The number of carbonyl (C=O) groups excluding carboxylic acids is 3. The Balaban J connectivity index is 2.20. The molecule has 2 amide bonds. The SMILES string of the molecule is CC(=O)c1cccc(NC(=O)C(C)(C)C(=O)Nc2ccccc2C(C)(C)C)c1. The van der Waals surface area contributed by atoms with Crippen molar-refractivity contribution >= 4 is 29.0 Å². The Kier molecular flexibility index (Phi) is 6.07. The van der Waals surface area contributed by atoms with Gasteiger partial charge in [0.25, 0.3) is 0 Å². The van der Waals surface area contributed by atoms with Gasteiger partial charge in [-0.3, -0.25) is 14.4 Å². The lowest BCUT2D eigenvalue weighted by molar-refractivity contribution is -0.135. The van der Waals surface area contributed by atoms with Crippen LogP contribution in [0.5, 0.6) is 0 Å². The van der Waals surface area contributed by atoms with Crippen molar-refractivity contribution in [2.75, 3.05) is 10.6 Å². The Morgan fingerprint density at radius 3 is 2.00 bits per heavy atom. The summed E-state index contributed by atoms with van der Waals surface area (Å²) < 4.78 is 0. The molecule has 0 fully saturated rings. The molecule has 0 saturated heterocycles. The van der Waals surface area contributed by atoms with Gasteiger partial charge in [-0.05, 0) is 49.9 Å². The normalized spacial score (nSPS) is 11.6. The number of carbonyl (C=O) groups is 3. The fourth-order valence-corrected chi connectivity index (χ4v) is 2.73. The molecule has 0 heterocycles. The van der Waals surface area contributed by atoms with Gasteiger partial charge in [0.15, 0.2) is 5.78 Å². The van der Waals surface area contributed by atoms with Crippen molar-refractivity contribution in [3.8, 4) is 0 Å². The first-order chi connectivity index (χ1) is 12.9. The predicted molar refractivity (Wildman–Crippen MR) is 113 cm³/mol. The lowest BCUT2D eigenvalue weighted by Gasteiger charge is -2.26. The molecule has 0 spiro atoms. The second-order valence-corrected chi connectivity index (χ2v) is 8.47. The van der Waals surface area contributed by atoms with Crippen LogP contribution in [-0.2, 0) is 15.0 Å². The van der Waals surface area contributed by atoms with Crippen LogP contribution in [0.4, 0.5) is 11.4 Å². The third-order valence-electron chi connectivity index (χ3n) is 4.65. The number of rotatable bonds is 5. The van der Waals surface area contributed by atoms with Crippen molar-refractivity contribution in [1.82, 2.24) is 0 Å². The molecule has 28 heavy (non-hydrogen) atoms. The summed E-state index contributed by atoms with van der Waals surface area (Å²) in [4.78, 5) is 37.2. The monoisotopic (exact) mass is 380 g/mol. The molecule has 0 aromatic heterocycles. The smallest absolute Gasteiger partial charge is 0.239 e. The first kappa shape index (κ1) is 21.4. The highest BCUT2D eigenvalue weighted by atomic mass is 16.2. The molecule has 2 rings (SSSR count). The summed E-state index contributed by atoms with van der Waals surface area (Å²) in [6.45, 7) is 10.8. The van der Waals surface area contributed by atoms with Crippen LogP contribution in [-0.4, -0.2) is 17.6 Å². The summed E-state index contributed by atoms with van der Waals surface area (Å²) in [6.07, 6.45) is 0. The van der Waals surface area contributed by atoms with Gasteiger partial charge in [0.1, 0.15) is 5.41 Å². The number of nitrogens with one attached hydrogen (secondary N) is 2. The highest BCUT2D eigenvalue weighted by molar-refractivity contribution is 6.14. The van der Waals surface area contributed by atoms with Gasteiger partial charge in [0.2, 0.25) is 11.8 Å². The Hall–Kier alpha value is -2.95. The standard InChI is InChI=1S/C23H28N2O3/c1-15(26)16-10-9-11-17(14-16)24-20(27)23(5,6)21(28)25-19-13-8-7-12-18(19)22(2,3)4/h7-14H,1-6H3,(H,24,27)(H,25,28). The summed E-state index contributed by atoms with van der Waals surface area (Å²) in [5, 5.41) is 5.64. The van der Waals surface area contributed by atoms with E-state index in [0.717, 1.165) is 5.56 Å². The average molecular weight is 380 g/mol. The van der Waals surface area contributed by atoms with E-state index in [-0.39, 0.29) is 11.2 Å². The minimum Gasteiger partial charge on any atom is -0.325 e. The van der Waals surface area contributed by atoms with E-state index in [9.17, 15) is 14.4 Å². The molecule has 0 bridgehead atoms. The van der Waals surface area contributed by atoms with E-state index in [1.807, 2.05) is 24.3 Å². The maximum Gasteiger partial charge on any atom is 0.239 e. The number of para-hydroxylation sites is 1. The molecule has 5 heteroatoms. The van der Waals surface area contributed by atoms with Gasteiger partial charge in [-0.25, -0.2) is 0 Å². The Labute approximate surface area is 166 Å². The van der Waals surface area contributed by atoms with Crippen LogP contribution >= 0.6 is 0 Å². The number of ketones is 1. The van der Waals surface area contributed by atoms with Gasteiger partial charge in [-0.2, -0.15) is 0 Å². The molecule has 0 unspecified atom stereocenters. The lowest BCUT2D eigenvalue weighted by atomic mass is 9.85. The maximum atomic E-state index is 12.9. The fourth-order valence-electron chi connectivity index (χ4n) is 2.73. The summed E-state index contributed by atoms with van der Waals surface area (Å²) in [5.41, 5.74) is 1.21. The number of benzene rings is 2. The van der Waals surface area contributed by atoms with Gasteiger partial charge in [-0.1, -0.05) is 51.1 Å². The van der Waals surface area contributed by atoms with Crippen LogP contribution in [0.2, 0.25) is 0 Å². The molecule has 0 aliphatic carbocycles. The summed E-state index contributed by atoms with van der Waals surface area (Å²) in [5.74, 6) is -0.935. The van der Waals surface area contributed by atoms with E-state index in [2.05, 4.69) is 31.4 Å². The van der Waals surface area contributed by atoms with Crippen molar-refractivity contribution in [1.29, 1.82) is 0 Å². The number of amides is 2. The van der Waals surface area contributed by atoms with Crippen molar-refractivity contribution in [2.24, 2.45) is 5.41 Å². The van der Waals surface area contributed by atoms with E-state index in [1.165, 1.54) is 6.92 Å². The first-order valence-electron chi connectivity index (χ1n) is 9.26. The van der Waals surface area contributed by atoms with E-state index in [1.54, 1.807) is 38.1 Å². The van der Waals surface area contributed by atoms with Gasteiger partial charge in [0, 0.05) is 16.9 Å². The van der Waals surface area contributed by atoms with Crippen molar-refractivity contribution < 1.29 is 14.4 Å². The highest BCUT2D eigenvalue weighted by Gasteiger charge is 2.37. The molecule has 0 saturated carbocycles. The van der Waals surface area contributed by atoms with E-state index in [4.69, 9.17) is 0 Å². The largest absolute Gasteiger partial charge is 0.325 e. The molecular formula is C23H28N2O3. The number of hydrogen-bond donors (Lipinski definition) is 2. The Morgan fingerprint density at radius 1 is 0.786 bits per heavy atom. The third kappa shape index (κ3) is 4.85. The fraction of sp³-hybridized carbons (Fsp3) is 0.348. The molecule has 0 radical (unpaired) electrons. The lowest BCUT2D eigenvalue weighted by Crippen LogP contribution is -2.42. The molecule has 2 N–H and O–H groups in total. The topological polar surface area (TPSA) is 75.3 Å². The maximum absolute atomic E-state index is 12.9. The van der Waals surface area contributed by atoms with Crippen LogP contribution < -0.4 is 10.6 Å². The molecule has 0 atom stereocenters. The zero-order valence-corrected chi connectivity index (χ0v) is 17.3. The van der Waals surface area contributed by atoms with Crippen molar-refractivity contribution in [2.45, 2.75) is 47.0 Å². The van der Waals surface area contributed by atoms with Crippen LogP contribution in [0.15, 0.2) is 48.5 Å². The average Bonchev–Trinajstić information content (AvgIpc) is 2.61. The Morgan fingerprint density at radius 2 is 1.39 bits per heavy atom. The van der Waals surface area contributed by atoms with Gasteiger partial charge in [-0.15, -0.1) is 0 Å². The molecule has 148 valence electrons. The quantitative estimate of drug-likeness (QED) is 0.578. The van der Waals surface area contributed by atoms with E-state index < -0.39 is 17.2 Å². The molecule has 2 aromatic rings. The highest BCUT2D eigenvalue weighted by Crippen LogP contribution is 2.31. The van der Waals surface area contributed by atoms with Gasteiger partial charge < -0.3 is 10.6 Å². The second-order valence-electron chi connectivity index (χ2n) is 8.47. The predicted octanol–water partition coefficient (Wildman–Crippen LogP) is 4.79. The third-order valence-corrected chi connectivity index (χ3v) is 4.65. The summed E-state index contributed by atoms with van der Waals surface area (Å²) in [6, 6.07) is 14.2. The van der Waals surface area contributed by atoms with E-state index in [0.29, 0.717) is 16.9 Å². The molecule has 5 nitrogen and oxygen atoms in total. The minimum absolute atomic E-state index is 0.0908. The number of hydrogen-bond acceptors (Lipinski definition) is 3. The molecule has 0 aliphatic rings. The zero-order chi connectivity index (χ0) is 21.1. The minimum atomic E-state index is -1.31. The van der Waals surface area contributed by atoms with Crippen LogP contribution in [0.3, 0.4) is 0 Å². The second kappa shape index (κ2) is 7.97. The van der Waals surface area contributed by atoms with Gasteiger partial charge in [0.05, 0.1) is 0 Å². The van der Waals surface area contributed by atoms with Crippen LogP contribution in [0.1, 0.15) is 57.5 Å².